The molecule has 0 unspecified atom stereocenters. The van der Waals surface area contributed by atoms with Gasteiger partial charge >= 0.3 is 0 Å². The Labute approximate surface area is 393 Å². The van der Waals surface area contributed by atoms with Crippen molar-refractivity contribution in [2.45, 2.75) is 43.9 Å². The Hall–Kier alpha value is -7.89. The summed E-state index contributed by atoms with van der Waals surface area (Å²) in [5.74, 6) is 4.46. The number of hydrogen-bond acceptors (Lipinski definition) is 1. The summed E-state index contributed by atoms with van der Waals surface area (Å²) in [6.45, 7) is 0. The fourth-order valence-corrected chi connectivity index (χ4v) is 14.6. The molecule has 0 radical (unpaired) electrons. The van der Waals surface area contributed by atoms with E-state index < -0.39 is 0 Å². The first-order chi connectivity index (χ1) is 33.6. The van der Waals surface area contributed by atoms with Crippen LogP contribution in [0.2, 0.25) is 0 Å². The number of rotatable bonds is 5. The molecule has 5 heteroatoms. The van der Waals surface area contributed by atoms with Crippen LogP contribution in [0.25, 0.3) is 110 Å². The molecule has 4 aliphatic rings. The summed E-state index contributed by atoms with van der Waals surface area (Å²) in [4.78, 5) is 5.87. The topological polar surface area (TPSA) is 32.6 Å². The van der Waals surface area contributed by atoms with E-state index in [-0.39, 0.29) is 5.41 Å². The monoisotopic (exact) mass is 873 g/mol. The Morgan fingerprint density at radius 2 is 0.603 bits per heavy atom. The van der Waals surface area contributed by atoms with Gasteiger partial charge in [-0.3, -0.25) is 9.13 Å². The van der Waals surface area contributed by atoms with Crippen molar-refractivity contribution in [3.63, 3.8) is 0 Å². The lowest BCUT2D eigenvalue weighted by molar-refractivity contribution is -0.00522. The summed E-state index contributed by atoms with van der Waals surface area (Å²) in [6.07, 6.45) is 8.08. The minimum absolute atomic E-state index is 0.159. The molecule has 4 saturated carbocycles. The van der Waals surface area contributed by atoms with Crippen molar-refractivity contribution in [1.29, 1.82) is 0 Å². The minimum atomic E-state index is 0.159. The van der Waals surface area contributed by atoms with Gasteiger partial charge in [0.1, 0.15) is 11.6 Å². The van der Waals surface area contributed by atoms with Crippen molar-refractivity contribution in [3.05, 3.63) is 200 Å². The number of nitrogens with zero attached hydrogens (tertiary/aromatic N) is 5. The summed E-state index contributed by atoms with van der Waals surface area (Å²) in [7, 11) is 0. The van der Waals surface area contributed by atoms with Crippen LogP contribution < -0.4 is 0 Å². The van der Waals surface area contributed by atoms with Crippen molar-refractivity contribution in [2.75, 3.05) is 0 Å². The second-order valence-electron chi connectivity index (χ2n) is 20.6. The highest BCUT2D eigenvalue weighted by molar-refractivity contribution is 6.14. The SMILES string of the molecule is c1ccc2c(c1)c1ccccc1n2-c1ccc2c(c1)c1ccccc1n2-c1cc(C23CC4CC(CC(C4)C2)C3)cc(-n2c3ccccc3c3cc(-n4c5ccccc5c5ccccc54)ccc32)n1. The van der Waals surface area contributed by atoms with Crippen LogP contribution in [0.15, 0.2) is 194 Å². The molecule has 0 N–H and O–H groups in total. The molecule has 4 bridgehead atoms. The molecule has 68 heavy (non-hydrogen) atoms. The van der Waals surface area contributed by atoms with Gasteiger partial charge in [-0.15, -0.1) is 0 Å². The third-order valence-electron chi connectivity index (χ3n) is 16.9. The van der Waals surface area contributed by atoms with Gasteiger partial charge in [0.15, 0.2) is 0 Å². The van der Waals surface area contributed by atoms with Crippen molar-refractivity contribution in [3.8, 4) is 23.0 Å². The predicted octanol–water partition coefficient (Wildman–Crippen LogP) is 15.9. The molecule has 4 aliphatic carbocycles. The van der Waals surface area contributed by atoms with Crippen LogP contribution in [-0.4, -0.2) is 23.3 Å². The zero-order valence-electron chi connectivity index (χ0n) is 37.7. The fourth-order valence-electron chi connectivity index (χ4n) is 14.6. The second kappa shape index (κ2) is 13.6. The van der Waals surface area contributed by atoms with Crippen LogP contribution in [0, 0.1) is 17.8 Å². The minimum Gasteiger partial charge on any atom is -0.309 e. The van der Waals surface area contributed by atoms with Crippen LogP contribution in [-0.2, 0) is 5.41 Å². The van der Waals surface area contributed by atoms with Gasteiger partial charge < -0.3 is 9.13 Å². The molecular formula is C63H47N5. The summed E-state index contributed by atoms with van der Waals surface area (Å²) < 4.78 is 9.83. The molecule has 0 atom stereocenters. The zero-order chi connectivity index (χ0) is 44.2. The summed E-state index contributed by atoms with van der Waals surface area (Å²) in [5, 5.41) is 10.0. The van der Waals surface area contributed by atoms with Crippen molar-refractivity contribution < 1.29 is 0 Å². The lowest BCUT2D eigenvalue weighted by Gasteiger charge is -2.57. The highest BCUT2D eigenvalue weighted by Gasteiger charge is 2.52. The van der Waals surface area contributed by atoms with Gasteiger partial charge in [-0.1, -0.05) is 109 Å². The molecule has 5 aromatic heterocycles. The number of para-hydroxylation sites is 6. The van der Waals surface area contributed by atoms with E-state index in [0.717, 1.165) is 29.4 Å². The molecule has 0 amide bonds. The zero-order valence-corrected chi connectivity index (χ0v) is 37.7. The third kappa shape index (κ3) is 5.08. The highest BCUT2D eigenvalue weighted by Crippen LogP contribution is 2.61. The molecule has 324 valence electrons. The van der Waals surface area contributed by atoms with Gasteiger partial charge in [-0.2, -0.15) is 0 Å². The van der Waals surface area contributed by atoms with Crippen LogP contribution >= 0.6 is 0 Å². The van der Waals surface area contributed by atoms with Gasteiger partial charge in [-0.05, 0) is 152 Å². The third-order valence-corrected chi connectivity index (χ3v) is 16.9. The Morgan fingerprint density at radius 3 is 0.956 bits per heavy atom. The largest absolute Gasteiger partial charge is 0.309 e. The average Bonchev–Trinajstić information content (AvgIpc) is 4.11. The quantitative estimate of drug-likeness (QED) is 0.170. The molecule has 0 saturated heterocycles. The predicted molar refractivity (Wildman–Crippen MR) is 281 cm³/mol. The normalized spacial score (nSPS) is 20.2. The number of hydrogen-bond donors (Lipinski definition) is 0. The first kappa shape index (κ1) is 37.2. The summed E-state index contributed by atoms with van der Waals surface area (Å²) in [5.41, 5.74) is 13.6. The van der Waals surface area contributed by atoms with E-state index in [4.69, 9.17) is 4.98 Å². The molecule has 5 nitrogen and oxygen atoms in total. The molecule has 0 aliphatic heterocycles. The summed E-state index contributed by atoms with van der Waals surface area (Å²) in [6, 6.07) is 72.4. The van der Waals surface area contributed by atoms with Crippen molar-refractivity contribution in [1.82, 2.24) is 23.3 Å². The van der Waals surface area contributed by atoms with Gasteiger partial charge in [-0.25, -0.2) is 4.98 Å². The van der Waals surface area contributed by atoms with Crippen LogP contribution in [0.1, 0.15) is 44.1 Å². The molecule has 4 fully saturated rings. The fraction of sp³-hybridized carbons (Fsp3) is 0.159. The first-order valence-electron chi connectivity index (χ1n) is 24.7. The summed E-state index contributed by atoms with van der Waals surface area (Å²) >= 11 is 0. The Kier molecular flexibility index (Phi) is 7.45. The molecule has 5 heterocycles. The van der Waals surface area contributed by atoms with E-state index in [1.54, 1.807) is 0 Å². The standard InChI is InChI=1S/C63H47N5/c1-7-19-53-45(13-1)46-14-2-8-20-54(46)65(53)43-25-27-59-51(34-43)49-17-5-11-23-57(49)67(59)61-32-42(63-36-39-29-40(37-63)31-41(30-39)38-63)33-62(64-61)68-58-24-12-6-18-50(58)52-35-44(26-28-60(52)68)66-55-21-9-3-15-47(55)48-16-4-10-22-56(48)66/h1-28,32-35,39-41H,29-31,36-38H2. The van der Waals surface area contributed by atoms with Crippen molar-refractivity contribution >= 4 is 87.2 Å². The second-order valence-corrected chi connectivity index (χ2v) is 20.6. The van der Waals surface area contributed by atoms with Gasteiger partial charge in [0.2, 0.25) is 0 Å². The smallest absolute Gasteiger partial charge is 0.140 e. The average molecular weight is 874 g/mol. The first-order valence-corrected chi connectivity index (χ1v) is 24.7. The van der Waals surface area contributed by atoms with Crippen LogP contribution in [0.5, 0.6) is 0 Å². The molecule has 17 rings (SSSR count). The Balaban J connectivity index is 0.945. The maximum absolute atomic E-state index is 5.87. The number of benzene rings is 8. The van der Waals surface area contributed by atoms with E-state index in [9.17, 15) is 0 Å². The lowest BCUT2D eigenvalue weighted by Crippen LogP contribution is -2.48. The van der Waals surface area contributed by atoms with Gasteiger partial charge in [0.05, 0.1) is 44.1 Å². The van der Waals surface area contributed by atoms with Gasteiger partial charge in [0.25, 0.3) is 0 Å². The maximum Gasteiger partial charge on any atom is 0.140 e. The van der Waals surface area contributed by atoms with Crippen LogP contribution in [0.4, 0.5) is 0 Å². The van der Waals surface area contributed by atoms with E-state index in [1.807, 2.05) is 0 Å². The maximum atomic E-state index is 5.87. The Bertz CT molecular complexity index is 3870. The van der Waals surface area contributed by atoms with E-state index in [2.05, 4.69) is 212 Å². The molecular weight excluding hydrogens is 827 g/mol. The number of aromatic nitrogens is 5. The number of pyridine rings is 1. The number of fused-ring (bicyclic) bond motifs is 12. The lowest BCUT2D eigenvalue weighted by atomic mass is 9.48. The van der Waals surface area contributed by atoms with E-state index in [0.29, 0.717) is 0 Å². The van der Waals surface area contributed by atoms with Crippen LogP contribution in [0.3, 0.4) is 0 Å². The van der Waals surface area contributed by atoms with Crippen molar-refractivity contribution in [2.24, 2.45) is 17.8 Å². The van der Waals surface area contributed by atoms with Gasteiger partial charge in [0, 0.05) is 54.5 Å². The molecule has 8 aromatic carbocycles. The molecule has 13 aromatic rings. The Morgan fingerprint density at radius 1 is 0.309 bits per heavy atom. The van der Waals surface area contributed by atoms with E-state index >= 15 is 0 Å². The van der Waals surface area contributed by atoms with E-state index in [1.165, 1.54) is 143 Å². The molecule has 0 spiro atoms. The highest BCUT2D eigenvalue weighted by atomic mass is 15.1.